The van der Waals surface area contributed by atoms with Crippen LogP contribution in [0.3, 0.4) is 0 Å². The molecule has 2 aromatic carbocycles. The van der Waals surface area contributed by atoms with E-state index < -0.39 is 0 Å². The van der Waals surface area contributed by atoms with Crippen LogP contribution in [-0.4, -0.2) is 25.6 Å². The molecule has 0 aromatic heterocycles. The van der Waals surface area contributed by atoms with Crippen LogP contribution >= 0.6 is 0 Å². The first-order chi connectivity index (χ1) is 11.7. The summed E-state index contributed by atoms with van der Waals surface area (Å²) in [6, 6.07) is 16.5. The van der Waals surface area contributed by atoms with Crippen LogP contribution in [-0.2, 0) is 4.74 Å². The van der Waals surface area contributed by atoms with Crippen molar-refractivity contribution in [2.45, 2.75) is 20.8 Å². The van der Waals surface area contributed by atoms with Crippen molar-refractivity contribution < 1.29 is 14.3 Å². The number of ketones is 1. The van der Waals surface area contributed by atoms with Crippen LogP contribution in [0, 0.1) is 0 Å². The number of benzene rings is 2. The molecular weight excluding hydrogens is 300 g/mol. The van der Waals surface area contributed by atoms with Gasteiger partial charge in [0.15, 0.2) is 5.78 Å². The van der Waals surface area contributed by atoms with Gasteiger partial charge in [0.2, 0.25) is 0 Å². The fourth-order valence-electron chi connectivity index (χ4n) is 1.90. The zero-order chi connectivity index (χ0) is 17.6. The predicted octanol–water partition coefficient (Wildman–Crippen LogP) is 4.92. The molecule has 0 aliphatic rings. The summed E-state index contributed by atoms with van der Waals surface area (Å²) in [6.45, 7) is 8.16. The molecule has 3 nitrogen and oxygen atoms in total. The van der Waals surface area contributed by atoms with Crippen molar-refractivity contribution in [1.29, 1.82) is 0 Å². The topological polar surface area (TPSA) is 35.5 Å². The quantitative estimate of drug-likeness (QED) is 0.535. The van der Waals surface area contributed by atoms with Gasteiger partial charge >= 0.3 is 0 Å². The standard InChI is InChI=1S/C17H16O2.C4H10O/c1-2-3-13-19-16-11-9-15(10-12-16)17(18)14-7-5-4-6-8-14;1-3-5-4-2/h2-12H,13H2,1H3;3-4H2,1-2H3. The highest BCUT2D eigenvalue weighted by molar-refractivity contribution is 6.08. The molecule has 0 saturated carbocycles. The Morgan fingerprint density at radius 1 is 0.917 bits per heavy atom. The molecule has 3 heteroatoms. The first-order valence-corrected chi connectivity index (χ1v) is 8.24. The van der Waals surface area contributed by atoms with E-state index in [0.29, 0.717) is 17.7 Å². The summed E-state index contributed by atoms with van der Waals surface area (Å²) in [7, 11) is 0. The zero-order valence-corrected chi connectivity index (χ0v) is 14.7. The van der Waals surface area contributed by atoms with E-state index in [1.54, 1.807) is 12.1 Å². The predicted molar refractivity (Wildman–Crippen MR) is 98.8 cm³/mol. The van der Waals surface area contributed by atoms with Crippen molar-refractivity contribution >= 4 is 5.78 Å². The minimum atomic E-state index is 0.0283. The molecule has 0 saturated heterocycles. The van der Waals surface area contributed by atoms with E-state index in [9.17, 15) is 4.79 Å². The molecule has 0 aliphatic heterocycles. The fraction of sp³-hybridized carbons (Fsp3) is 0.286. The molecule has 0 fully saturated rings. The Hall–Kier alpha value is -2.39. The average molecular weight is 326 g/mol. The second-order valence-corrected chi connectivity index (χ2v) is 4.88. The van der Waals surface area contributed by atoms with E-state index in [4.69, 9.17) is 9.47 Å². The number of hydrogen-bond donors (Lipinski definition) is 0. The van der Waals surface area contributed by atoms with Crippen LogP contribution in [0.2, 0.25) is 0 Å². The van der Waals surface area contributed by atoms with Crippen LogP contribution < -0.4 is 4.74 Å². The molecule has 0 radical (unpaired) electrons. The highest BCUT2D eigenvalue weighted by Crippen LogP contribution is 2.15. The number of carbonyl (C=O) groups excluding carboxylic acids is 1. The lowest BCUT2D eigenvalue weighted by atomic mass is 10.0. The highest BCUT2D eigenvalue weighted by atomic mass is 16.5. The maximum atomic E-state index is 12.2. The van der Waals surface area contributed by atoms with Gasteiger partial charge in [-0.25, -0.2) is 0 Å². The Bertz CT molecular complexity index is 599. The Morgan fingerprint density at radius 2 is 1.50 bits per heavy atom. The maximum Gasteiger partial charge on any atom is 0.193 e. The molecule has 2 rings (SSSR count). The molecule has 0 unspecified atom stereocenters. The van der Waals surface area contributed by atoms with Gasteiger partial charge in [0.25, 0.3) is 0 Å². The number of allylic oxidation sites excluding steroid dienone is 1. The van der Waals surface area contributed by atoms with E-state index in [1.807, 2.05) is 75.4 Å². The average Bonchev–Trinajstić information content (AvgIpc) is 2.64. The second-order valence-electron chi connectivity index (χ2n) is 4.88. The lowest BCUT2D eigenvalue weighted by Crippen LogP contribution is -2.01. The first kappa shape index (κ1) is 19.7. The normalized spacial score (nSPS) is 10.1. The van der Waals surface area contributed by atoms with Crippen molar-refractivity contribution in [3.05, 3.63) is 77.9 Å². The van der Waals surface area contributed by atoms with Crippen molar-refractivity contribution in [1.82, 2.24) is 0 Å². The van der Waals surface area contributed by atoms with Crippen LogP contribution in [0.4, 0.5) is 0 Å². The molecule has 0 bridgehead atoms. The third-order valence-corrected chi connectivity index (χ3v) is 3.14. The van der Waals surface area contributed by atoms with Gasteiger partial charge in [0, 0.05) is 24.3 Å². The number of rotatable bonds is 7. The molecule has 0 aliphatic carbocycles. The van der Waals surface area contributed by atoms with Gasteiger partial charge in [-0.05, 0) is 45.0 Å². The maximum absolute atomic E-state index is 12.2. The summed E-state index contributed by atoms with van der Waals surface area (Å²) in [4.78, 5) is 12.2. The summed E-state index contributed by atoms with van der Waals surface area (Å²) in [6.07, 6.45) is 3.87. The Balaban J connectivity index is 0.000000505. The van der Waals surface area contributed by atoms with Crippen LogP contribution in [0.25, 0.3) is 0 Å². The molecular formula is C21H26O3. The Kier molecular flexibility index (Phi) is 9.90. The molecule has 0 N–H and O–H groups in total. The molecule has 0 atom stereocenters. The molecule has 128 valence electrons. The van der Waals surface area contributed by atoms with Crippen molar-refractivity contribution in [2.75, 3.05) is 19.8 Å². The minimum Gasteiger partial charge on any atom is -0.490 e. The summed E-state index contributed by atoms with van der Waals surface area (Å²) < 4.78 is 10.3. The molecule has 24 heavy (non-hydrogen) atoms. The number of hydrogen-bond acceptors (Lipinski definition) is 3. The summed E-state index contributed by atoms with van der Waals surface area (Å²) in [5.74, 6) is 0.795. The summed E-state index contributed by atoms with van der Waals surface area (Å²) in [5, 5.41) is 0. The minimum absolute atomic E-state index is 0.0283. The zero-order valence-electron chi connectivity index (χ0n) is 14.7. The summed E-state index contributed by atoms with van der Waals surface area (Å²) in [5.41, 5.74) is 1.37. The van der Waals surface area contributed by atoms with Gasteiger partial charge in [0.1, 0.15) is 12.4 Å². The van der Waals surface area contributed by atoms with Gasteiger partial charge in [-0.15, -0.1) is 0 Å². The van der Waals surface area contributed by atoms with E-state index in [0.717, 1.165) is 19.0 Å². The van der Waals surface area contributed by atoms with Gasteiger partial charge < -0.3 is 9.47 Å². The first-order valence-electron chi connectivity index (χ1n) is 8.24. The highest BCUT2D eigenvalue weighted by Gasteiger charge is 2.07. The van der Waals surface area contributed by atoms with E-state index in [2.05, 4.69) is 0 Å². The van der Waals surface area contributed by atoms with E-state index >= 15 is 0 Å². The largest absolute Gasteiger partial charge is 0.490 e. The number of carbonyl (C=O) groups is 1. The van der Waals surface area contributed by atoms with Gasteiger partial charge in [-0.1, -0.05) is 42.5 Å². The van der Waals surface area contributed by atoms with Crippen LogP contribution in [0.15, 0.2) is 66.7 Å². The van der Waals surface area contributed by atoms with E-state index in [-0.39, 0.29) is 5.78 Å². The Labute approximate surface area is 144 Å². The van der Waals surface area contributed by atoms with E-state index in [1.165, 1.54) is 0 Å². The molecule has 0 amide bonds. The smallest absolute Gasteiger partial charge is 0.193 e. The van der Waals surface area contributed by atoms with Gasteiger partial charge in [-0.2, -0.15) is 0 Å². The van der Waals surface area contributed by atoms with Crippen molar-refractivity contribution in [2.24, 2.45) is 0 Å². The van der Waals surface area contributed by atoms with Crippen LogP contribution in [0.5, 0.6) is 5.75 Å². The fourth-order valence-corrected chi connectivity index (χ4v) is 1.90. The van der Waals surface area contributed by atoms with Gasteiger partial charge in [0.05, 0.1) is 0 Å². The lowest BCUT2D eigenvalue weighted by Gasteiger charge is -2.05. The lowest BCUT2D eigenvalue weighted by molar-refractivity contribution is 0.103. The molecule has 2 aromatic rings. The Morgan fingerprint density at radius 3 is 2.00 bits per heavy atom. The second kappa shape index (κ2) is 12.1. The third-order valence-electron chi connectivity index (χ3n) is 3.14. The van der Waals surface area contributed by atoms with Crippen molar-refractivity contribution in [3.63, 3.8) is 0 Å². The van der Waals surface area contributed by atoms with Crippen LogP contribution in [0.1, 0.15) is 36.7 Å². The SMILES string of the molecule is CC=CCOc1ccc(C(=O)c2ccccc2)cc1.CCOCC. The number of ether oxygens (including phenoxy) is 2. The monoisotopic (exact) mass is 326 g/mol. The summed E-state index contributed by atoms with van der Waals surface area (Å²) >= 11 is 0. The molecule has 0 heterocycles. The third kappa shape index (κ3) is 7.25. The molecule has 0 spiro atoms. The van der Waals surface area contributed by atoms with Crippen molar-refractivity contribution in [3.8, 4) is 5.75 Å². The van der Waals surface area contributed by atoms with Gasteiger partial charge in [-0.3, -0.25) is 4.79 Å².